The van der Waals surface area contributed by atoms with Gasteiger partial charge >= 0.3 is 0 Å². The lowest BCUT2D eigenvalue weighted by Crippen LogP contribution is -2.46. The molecule has 0 aromatic carbocycles. The Hall–Kier alpha value is -1.67. The van der Waals surface area contributed by atoms with Gasteiger partial charge in [-0.1, -0.05) is 0 Å². The van der Waals surface area contributed by atoms with Crippen molar-refractivity contribution in [2.45, 2.75) is 38.8 Å². The number of hydrogen-bond donors (Lipinski definition) is 2. The first kappa shape index (κ1) is 17.7. The normalized spacial score (nSPS) is 21.7. The molecule has 23 heavy (non-hydrogen) atoms. The average Bonchev–Trinajstić information content (AvgIpc) is 3.10. The van der Waals surface area contributed by atoms with Gasteiger partial charge < -0.3 is 24.7 Å². The number of aryl methyl sites for hydroxylation is 1. The first-order chi connectivity index (χ1) is 11.0. The summed E-state index contributed by atoms with van der Waals surface area (Å²) in [5, 5.41) is 14.8. The van der Waals surface area contributed by atoms with Crippen LogP contribution in [0.2, 0.25) is 0 Å². The van der Waals surface area contributed by atoms with Crippen LogP contribution in [-0.2, 0) is 23.1 Å². The standard InChI is InChI=1S/C15H28N6O2/c1-12-19-20-13(21(12)3)10-17-14(16-7-9-22-4)18-11-15(2)6-5-8-23-15/h5-11H2,1-4H3,(H2,16,17,18). The fraction of sp³-hybridized carbons (Fsp3) is 0.800. The van der Waals surface area contributed by atoms with Crippen LogP contribution in [0.4, 0.5) is 0 Å². The first-order valence-corrected chi connectivity index (χ1v) is 8.04. The molecule has 130 valence electrons. The van der Waals surface area contributed by atoms with Gasteiger partial charge in [0.1, 0.15) is 12.4 Å². The summed E-state index contributed by atoms with van der Waals surface area (Å²) >= 11 is 0. The number of nitrogens with zero attached hydrogens (tertiary/aromatic N) is 4. The largest absolute Gasteiger partial charge is 0.383 e. The minimum Gasteiger partial charge on any atom is -0.383 e. The molecule has 1 aromatic heterocycles. The van der Waals surface area contributed by atoms with Gasteiger partial charge in [-0.3, -0.25) is 0 Å². The molecule has 1 aromatic rings. The Morgan fingerprint density at radius 1 is 1.43 bits per heavy atom. The number of aromatic nitrogens is 3. The minimum absolute atomic E-state index is 0.120. The van der Waals surface area contributed by atoms with Crippen molar-refractivity contribution >= 4 is 5.96 Å². The molecule has 1 saturated heterocycles. The second kappa shape index (κ2) is 8.26. The van der Waals surface area contributed by atoms with Gasteiger partial charge in [-0.05, 0) is 26.7 Å². The molecule has 2 heterocycles. The minimum atomic E-state index is -0.120. The molecule has 8 heteroatoms. The zero-order valence-corrected chi connectivity index (χ0v) is 14.6. The molecule has 1 unspecified atom stereocenters. The van der Waals surface area contributed by atoms with E-state index in [2.05, 4.69) is 32.7 Å². The van der Waals surface area contributed by atoms with Crippen LogP contribution in [0.5, 0.6) is 0 Å². The Morgan fingerprint density at radius 3 is 2.87 bits per heavy atom. The predicted molar refractivity (Wildman–Crippen MR) is 88.4 cm³/mol. The lowest BCUT2D eigenvalue weighted by atomic mass is 10.0. The summed E-state index contributed by atoms with van der Waals surface area (Å²) < 4.78 is 12.8. The van der Waals surface area contributed by atoms with E-state index in [1.807, 2.05) is 18.5 Å². The van der Waals surface area contributed by atoms with Crippen LogP contribution >= 0.6 is 0 Å². The van der Waals surface area contributed by atoms with E-state index < -0.39 is 0 Å². The Morgan fingerprint density at radius 2 is 2.26 bits per heavy atom. The molecule has 2 rings (SSSR count). The molecule has 0 saturated carbocycles. The van der Waals surface area contributed by atoms with Crippen molar-refractivity contribution < 1.29 is 9.47 Å². The number of aliphatic imine (C=N–C) groups is 1. The molecule has 0 spiro atoms. The Bertz CT molecular complexity index is 522. The fourth-order valence-electron chi connectivity index (χ4n) is 2.43. The quantitative estimate of drug-likeness (QED) is 0.428. The molecule has 1 aliphatic heterocycles. The molecule has 0 amide bonds. The highest BCUT2D eigenvalue weighted by Crippen LogP contribution is 2.23. The first-order valence-electron chi connectivity index (χ1n) is 8.04. The van der Waals surface area contributed by atoms with Crippen LogP contribution in [-0.4, -0.2) is 59.7 Å². The zero-order chi connectivity index (χ0) is 16.7. The van der Waals surface area contributed by atoms with Crippen molar-refractivity contribution in [1.29, 1.82) is 0 Å². The van der Waals surface area contributed by atoms with Crippen LogP contribution in [0.25, 0.3) is 0 Å². The van der Waals surface area contributed by atoms with Crippen LogP contribution in [0.15, 0.2) is 4.99 Å². The van der Waals surface area contributed by atoms with E-state index in [-0.39, 0.29) is 5.60 Å². The lowest BCUT2D eigenvalue weighted by molar-refractivity contribution is 0.0242. The summed E-state index contributed by atoms with van der Waals surface area (Å²) in [6.07, 6.45) is 2.17. The highest BCUT2D eigenvalue weighted by Gasteiger charge is 2.29. The summed E-state index contributed by atoms with van der Waals surface area (Å²) in [6, 6.07) is 0. The van der Waals surface area contributed by atoms with E-state index in [1.54, 1.807) is 7.11 Å². The molecule has 1 aliphatic rings. The van der Waals surface area contributed by atoms with Crippen molar-refractivity contribution in [3.8, 4) is 0 Å². The number of ether oxygens (including phenoxy) is 2. The maximum atomic E-state index is 5.81. The third-order valence-corrected chi connectivity index (χ3v) is 4.09. The predicted octanol–water partition coefficient (Wildman–Crippen LogP) is 0.374. The van der Waals surface area contributed by atoms with E-state index in [0.29, 0.717) is 19.7 Å². The molecule has 1 fully saturated rings. The monoisotopic (exact) mass is 324 g/mol. The molecular formula is C15H28N6O2. The van der Waals surface area contributed by atoms with E-state index in [9.17, 15) is 0 Å². The van der Waals surface area contributed by atoms with Gasteiger partial charge in [0.05, 0.1) is 12.2 Å². The number of guanidine groups is 1. The Kier molecular flexibility index (Phi) is 6.35. The van der Waals surface area contributed by atoms with Crippen molar-refractivity contribution in [1.82, 2.24) is 25.4 Å². The molecule has 0 aliphatic carbocycles. The average molecular weight is 324 g/mol. The molecule has 2 N–H and O–H groups in total. The van der Waals surface area contributed by atoms with Crippen molar-refractivity contribution in [3.05, 3.63) is 11.6 Å². The van der Waals surface area contributed by atoms with Gasteiger partial charge in [0.15, 0.2) is 11.8 Å². The van der Waals surface area contributed by atoms with Gasteiger partial charge in [-0.25, -0.2) is 4.99 Å². The summed E-state index contributed by atoms with van der Waals surface area (Å²) in [5.74, 6) is 2.45. The zero-order valence-electron chi connectivity index (χ0n) is 14.6. The number of hydrogen-bond acceptors (Lipinski definition) is 5. The maximum absolute atomic E-state index is 5.81. The highest BCUT2D eigenvalue weighted by atomic mass is 16.5. The van der Waals surface area contributed by atoms with Gasteiger partial charge in [-0.2, -0.15) is 0 Å². The second-order valence-corrected chi connectivity index (χ2v) is 6.06. The third-order valence-electron chi connectivity index (χ3n) is 4.09. The topological polar surface area (TPSA) is 85.6 Å². The molecular weight excluding hydrogens is 296 g/mol. The van der Waals surface area contributed by atoms with Crippen molar-refractivity contribution in [2.75, 3.05) is 33.4 Å². The summed E-state index contributed by atoms with van der Waals surface area (Å²) in [6.45, 7) is 7.40. The number of nitrogens with one attached hydrogen (secondary N) is 2. The maximum Gasteiger partial charge on any atom is 0.191 e. The van der Waals surface area contributed by atoms with Gasteiger partial charge in [0.25, 0.3) is 0 Å². The smallest absolute Gasteiger partial charge is 0.191 e. The van der Waals surface area contributed by atoms with E-state index in [4.69, 9.17) is 9.47 Å². The molecule has 0 bridgehead atoms. The summed E-state index contributed by atoms with van der Waals surface area (Å²) in [7, 11) is 3.63. The van der Waals surface area contributed by atoms with E-state index in [1.165, 1.54) is 0 Å². The number of rotatable bonds is 7. The molecule has 0 radical (unpaired) electrons. The third kappa shape index (κ3) is 5.18. The number of methoxy groups -OCH3 is 1. The molecule has 1 atom stereocenters. The van der Waals surface area contributed by atoms with Gasteiger partial charge in [0, 0.05) is 33.9 Å². The van der Waals surface area contributed by atoms with Crippen LogP contribution in [0.3, 0.4) is 0 Å². The lowest BCUT2D eigenvalue weighted by Gasteiger charge is -2.24. The van der Waals surface area contributed by atoms with E-state index >= 15 is 0 Å². The van der Waals surface area contributed by atoms with Gasteiger partial charge in [0.2, 0.25) is 0 Å². The Balaban J connectivity index is 1.94. The van der Waals surface area contributed by atoms with Crippen molar-refractivity contribution in [2.24, 2.45) is 12.0 Å². The van der Waals surface area contributed by atoms with Gasteiger partial charge in [-0.15, -0.1) is 10.2 Å². The van der Waals surface area contributed by atoms with Crippen LogP contribution < -0.4 is 10.6 Å². The van der Waals surface area contributed by atoms with E-state index in [0.717, 1.165) is 43.6 Å². The summed E-state index contributed by atoms with van der Waals surface area (Å²) in [5.41, 5.74) is -0.120. The second-order valence-electron chi connectivity index (χ2n) is 6.06. The fourth-order valence-corrected chi connectivity index (χ4v) is 2.43. The summed E-state index contributed by atoms with van der Waals surface area (Å²) in [4.78, 5) is 4.59. The van der Waals surface area contributed by atoms with Crippen LogP contribution in [0.1, 0.15) is 31.4 Å². The van der Waals surface area contributed by atoms with Crippen LogP contribution in [0, 0.1) is 6.92 Å². The molecule has 8 nitrogen and oxygen atoms in total. The highest BCUT2D eigenvalue weighted by molar-refractivity contribution is 5.79. The Labute approximate surface area is 137 Å². The SMILES string of the molecule is COCCNC(=NCc1nnc(C)n1C)NCC1(C)CCCO1. The van der Waals surface area contributed by atoms with Crippen molar-refractivity contribution in [3.63, 3.8) is 0 Å².